The van der Waals surface area contributed by atoms with Crippen LogP contribution in [0, 0.1) is 5.82 Å². The highest BCUT2D eigenvalue weighted by Gasteiger charge is 2.09. The van der Waals surface area contributed by atoms with Crippen molar-refractivity contribution >= 4 is 45.7 Å². The van der Waals surface area contributed by atoms with Crippen molar-refractivity contribution in [1.82, 2.24) is 14.4 Å². The first kappa shape index (κ1) is 17.4. The van der Waals surface area contributed by atoms with Gasteiger partial charge in [-0.3, -0.25) is 14.5 Å². The molecule has 0 saturated heterocycles. The lowest BCUT2D eigenvalue weighted by atomic mass is 10.2. The van der Waals surface area contributed by atoms with Crippen LogP contribution in [0.4, 0.5) is 9.52 Å². The van der Waals surface area contributed by atoms with Crippen molar-refractivity contribution in [3.05, 3.63) is 76.8 Å². The second-order valence-corrected chi connectivity index (χ2v) is 6.80. The molecule has 0 atom stereocenters. The van der Waals surface area contributed by atoms with E-state index in [1.165, 1.54) is 29.5 Å². The van der Waals surface area contributed by atoms with Crippen molar-refractivity contribution < 1.29 is 9.18 Å². The summed E-state index contributed by atoms with van der Waals surface area (Å²) in [5.41, 5.74) is 2.56. The number of hydrogen-bond donors (Lipinski definition) is 1. The summed E-state index contributed by atoms with van der Waals surface area (Å²) in [4.78, 5) is 20.7. The zero-order valence-corrected chi connectivity index (χ0v) is 15.3. The van der Waals surface area contributed by atoms with Gasteiger partial charge in [-0.2, -0.15) is 0 Å². The number of rotatable bonds is 4. The zero-order valence-electron chi connectivity index (χ0n) is 13.8. The van der Waals surface area contributed by atoms with E-state index < -0.39 is 0 Å². The van der Waals surface area contributed by atoms with E-state index in [1.54, 1.807) is 28.0 Å². The van der Waals surface area contributed by atoms with E-state index in [1.807, 2.05) is 24.4 Å². The second-order valence-electron chi connectivity index (χ2n) is 5.59. The van der Waals surface area contributed by atoms with Gasteiger partial charge in [0.1, 0.15) is 11.5 Å². The highest BCUT2D eigenvalue weighted by molar-refractivity contribution is 7.14. The summed E-state index contributed by atoms with van der Waals surface area (Å²) in [6.45, 7) is 0. The molecule has 0 saturated carbocycles. The summed E-state index contributed by atoms with van der Waals surface area (Å²) in [6, 6.07) is 11.7. The molecule has 0 radical (unpaired) electrons. The SMILES string of the molecule is O=C(/C=C/c1c(Cl)nc2ccccn12)Nc1nc(-c2cccc(F)c2)cs1. The van der Waals surface area contributed by atoms with Gasteiger partial charge in [0.25, 0.3) is 0 Å². The molecule has 3 heterocycles. The minimum atomic E-state index is -0.350. The fourth-order valence-corrected chi connectivity index (χ4v) is 3.51. The number of imidazole rings is 1. The lowest BCUT2D eigenvalue weighted by molar-refractivity contribution is -0.111. The van der Waals surface area contributed by atoms with Crippen molar-refractivity contribution in [1.29, 1.82) is 0 Å². The van der Waals surface area contributed by atoms with E-state index in [0.717, 1.165) is 0 Å². The number of thiazole rings is 1. The number of anilines is 1. The van der Waals surface area contributed by atoms with E-state index in [4.69, 9.17) is 11.6 Å². The van der Waals surface area contributed by atoms with Crippen LogP contribution in [0.25, 0.3) is 23.0 Å². The van der Waals surface area contributed by atoms with Crippen molar-refractivity contribution in [2.45, 2.75) is 0 Å². The number of carbonyl (C=O) groups is 1. The fraction of sp³-hybridized carbons (Fsp3) is 0. The lowest BCUT2D eigenvalue weighted by Gasteiger charge is -1.98. The van der Waals surface area contributed by atoms with Crippen molar-refractivity contribution in [3.63, 3.8) is 0 Å². The number of fused-ring (bicyclic) bond motifs is 1. The third-order valence-electron chi connectivity index (χ3n) is 3.77. The first-order valence-corrected chi connectivity index (χ1v) is 9.19. The van der Waals surface area contributed by atoms with Gasteiger partial charge < -0.3 is 0 Å². The molecule has 27 heavy (non-hydrogen) atoms. The van der Waals surface area contributed by atoms with E-state index in [9.17, 15) is 9.18 Å². The van der Waals surface area contributed by atoms with Crippen molar-refractivity contribution in [2.24, 2.45) is 0 Å². The lowest BCUT2D eigenvalue weighted by Crippen LogP contribution is -2.07. The molecule has 0 aliphatic carbocycles. The minimum Gasteiger partial charge on any atom is -0.299 e. The number of nitrogens with zero attached hydrogens (tertiary/aromatic N) is 3. The summed E-state index contributed by atoms with van der Waals surface area (Å²) in [6.07, 6.45) is 4.78. The number of nitrogens with one attached hydrogen (secondary N) is 1. The molecular formula is C19H12ClFN4OS. The number of pyridine rings is 1. The predicted molar refractivity (Wildman–Crippen MR) is 105 cm³/mol. The van der Waals surface area contributed by atoms with E-state index in [-0.39, 0.29) is 11.7 Å². The first-order chi connectivity index (χ1) is 13.1. The largest absolute Gasteiger partial charge is 0.299 e. The third kappa shape index (κ3) is 3.74. The van der Waals surface area contributed by atoms with Gasteiger partial charge in [0.2, 0.25) is 5.91 Å². The molecule has 0 aliphatic heterocycles. The van der Waals surface area contributed by atoms with E-state index >= 15 is 0 Å². The van der Waals surface area contributed by atoms with Gasteiger partial charge >= 0.3 is 0 Å². The molecular weight excluding hydrogens is 387 g/mol. The molecule has 8 heteroatoms. The summed E-state index contributed by atoms with van der Waals surface area (Å²) in [7, 11) is 0. The summed E-state index contributed by atoms with van der Waals surface area (Å²) in [5, 5.41) is 5.19. The summed E-state index contributed by atoms with van der Waals surface area (Å²) in [5.74, 6) is -0.684. The maximum atomic E-state index is 13.3. The Morgan fingerprint density at radius 2 is 2.11 bits per heavy atom. The molecule has 0 aliphatic rings. The Morgan fingerprint density at radius 1 is 1.22 bits per heavy atom. The molecule has 0 bridgehead atoms. The van der Waals surface area contributed by atoms with Gasteiger partial charge in [-0.15, -0.1) is 11.3 Å². The fourth-order valence-electron chi connectivity index (χ4n) is 2.55. The number of hydrogen-bond acceptors (Lipinski definition) is 4. The number of benzene rings is 1. The van der Waals surface area contributed by atoms with Gasteiger partial charge in [-0.05, 0) is 30.3 Å². The molecule has 3 aromatic heterocycles. The third-order valence-corrected chi connectivity index (χ3v) is 4.81. The Hall–Kier alpha value is -3.03. The highest BCUT2D eigenvalue weighted by Crippen LogP contribution is 2.25. The van der Waals surface area contributed by atoms with Crippen LogP contribution in [0.3, 0.4) is 0 Å². The second kappa shape index (κ2) is 7.30. The molecule has 4 aromatic rings. The Labute approximate surface area is 162 Å². The van der Waals surface area contributed by atoms with Gasteiger partial charge in [-0.25, -0.2) is 14.4 Å². The molecule has 1 N–H and O–H groups in total. The minimum absolute atomic E-state index is 0.313. The molecule has 0 spiro atoms. The van der Waals surface area contributed by atoms with Gasteiger partial charge in [0.05, 0.1) is 11.4 Å². The van der Waals surface area contributed by atoms with E-state index in [2.05, 4.69) is 15.3 Å². The van der Waals surface area contributed by atoms with Crippen LogP contribution in [0.2, 0.25) is 5.15 Å². The van der Waals surface area contributed by atoms with Crippen LogP contribution in [0.1, 0.15) is 5.69 Å². The van der Waals surface area contributed by atoms with Crippen LogP contribution >= 0.6 is 22.9 Å². The maximum absolute atomic E-state index is 13.3. The number of amides is 1. The summed E-state index contributed by atoms with van der Waals surface area (Å²) >= 11 is 7.40. The zero-order chi connectivity index (χ0) is 18.8. The topological polar surface area (TPSA) is 59.3 Å². The van der Waals surface area contributed by atoms with Crippen LogP contribution < -0.4 is 5.32 Å². The smallest absolute Gasteiger partial charge is 0.250 e. The Balaban J connectivity index is 1.50. The Morgan fingerprint density at radius 3 is 2.96 bits per heavy atom. The normalized spacial score (nSPS) is 11.3. The number of carbonyl (C=O) groups excluding carboxylic acids is 1. The van der Waals surface area contributed by atoms with Crippen molar-refractivity contribution in [2.75, 3.05) is 5.32 Å². The monoisotopic (exact) mass is 398 g/mol. The van der Waals surface area contributed by atoms with Crippen molar-refractivity contribution in [3.8, 4) is 11.3 Å². The van der Waals surface area contributed by atoms with Gasteiger partial charge in [-0.1, -0.05) is 29.8 Å². The van der Waals surface area contributed by atoms with Crippen LogP contribution in [0.5, 0.6) is 0 Å². The average molecular weight is 399 g/mol. The van der Waals surface area contributed by atoms with Crippen LogP contribution in [0.15, 0.2) is 60.1 Å². The molecule has 1 aromatic carbocycles. The highest BCUT2D eigenvalue weighted by atomic mass is 35.5. The van der Waals surface area contributed by atoms with Gasteiger partial charge in [0, 0.05) is 23.2 Å². The summed E-state index contributed by atoms with van der Waals surface area (Å²) < 4.78 is 15.1. The molecule has 1 amide bonds. The van der Waals surface area contributed by atoms with Gasteiger partial charge in [0.15, 0.2) is 10.3 Å². The molecule has 4 rings (SSSR count). The van der Waals surface area contributed by atoms with Crippen LogP contribution in [-0.4, -0.2) is 20.3 Å². The number of aromatic nitrogens is 3. The predicted octanol–water partition coefficient (Wildman–Crippen LogP) is 4.90. The first-order valence-electron chi connectivity index (χ1n) is 7.93. The maximum Gasteiger partial charge on any atom is 0.250 e. The standard InChI is InChI=1S/C19H12ClFN4OS/c20-18-15(25-9-2-1-6-16(25)23-18)7-8-17(26)24-19-22-14(11-27-19)12-4-3-5-13(21)10-12/h1-11H,(H,22,24,26)/b8-7+. The molecule has 5 nitrogen and oxygen atoms in total. The quantitative estimate of drug-likeness (QED) is 0.497. The molecule has 0 unspecified atom stereocenters. The molecule has 134 valence electrons. The molecule has 0 fully saturated rings. The number of halogens is 2. The van der Waals surface area contributed by atoms with E-state index in [0.29, 0.717) is 32.9 Å². The Kier molecular flexibility index (Phi) is 4.70. The Bertz CT molecular complexity index is 1170. The van der Waals surface area contributed by atoms with Crippen LogP contribution in [-0.2, 0) is 4.79 Å². The average Bonchev–Trinajstić information content (AvgIpc) is 3.24.